The molecule has 6 nitrogen and oxygen atoms in total. The van der Waals surface area contributed by atoms with Crippen molar-refractivity contribution in [2.75, 3.05) is 13.2 Å². The number of aryl methyl sites for hydroxylation is 2. The normalized spacial score (nSPS) is 13.8. The topological polar surface area (TPSA) is 79.2 Å². The fourth-order valence-corrected chi connectivity index (χ4v) is 2.37. The van der Waals surface area contributed by atoms with Gasteiger partial charge in [0.1, 0.15) is 0 Å². The van der Waals surface area contributed by atoms with Crippen molar-refractivity contribution < 1.29 is 9.90 Å². The summed E-state index contributed by atoms with van der Waals surface area (Å²) in [6.45, 7) is 8.59. The maximum absolute atomic E-state index is 11.9. The van der Waals surface area contributed by atoms with Crippen LogP contribution in [-0.2, 0) is 13.5 Å². The van der Waals surface area contributed by atoms with E-state index in [9.17, 15) is 4.79 Å². The molecule has 3 N–H and O–H groups in total. The van der Waals surface area contributed by atoms with Crippen molar-refractivity contribution in [2.45, 2.75) is 52.5 Å². The Balaban J connectivity index is 2.47. The van der Waals surface area contributed by atoms with Gasteiger partial charge in [-0.15, -0.1) is 0 Å². The molecule has 0 bridgehead atoms. The Morgan fingerprint density at radius 2 is 2.10 bits per heavy atom. The summed E-state index contributed by atoms with van der Waals surface area (Å²) in [5.74, 6) is 0. The summed E-state index contributed by atoms with van der Waals surface area (Å²) in [7, 11) is 1.92. The lowest BCUT2D eigenvalue weighted by molar-refractivity contribution is 0.201. The average Bonchev–Trinajstić information content (AvgIpc) is 2.65. The van der Waals surface area contributed by atoms with Gasteiger partial charge in [-0.2, -0.15) is 5.10 Å². The highest BCUT2D eigenvalue weighted by molar-refractivity contribution is 5.74. The second-order valence-electron chi connectivity index (χ2n) is 5.79. The molecule has 0 aliphatic carbocycles. The highest BCUT2D eigenvalue weighted by atomic mass is 16.3. The Bertz CT molecular complexity index is 484. The van der Waals surface area contributed by atoms with E-state index in [0.717, 1.165) is 24.2 Å². The first kappa shape index (κ1) is 17.5. The molecule has 1 rings (SSSR count). The van der Waals surface area contributed by atoms with Gasteiger partial charge in [0.05, 0.1) is 5.69 Å². The van der Waals surface area contributed by atoms with Crippen molar-refractivity contribution in [3.63, 3.8) is 0 Å². The molecule has 0 aromatic carbocycles. The van der Waals surface area contributed by atoms with Gasteiger partial charge in [0.2, 0.25) is 0 Å². The van der Waals surface area contributed by atoms with Crippen molar-refractivity contribution in [1.82, 2.24) is 20.4 Å². The smallest absolute Gasteiger partial charge is 0.315 e. The maximum Gasteiger partial charge on any atom is 0.315 e. The lowest BCUT2D eigenvalue weighted by Crippen LogP contribution is -2.50. The van der Waals surface area contributed by atoms with E-state index in [1.807, 2.05) is 39.4 Å². The highest BCUT2D eigenvalue weighted by Crippen LogP contribution is 2.14. The van der Waals surface area contributed by atoms with E-state index in [2.05, 4.69) is 15.7 Å². The summed E-state index contributed by atoms with van der Waals surface area (Å²) in [6, 6.07) is -0.188. The number of nitrogens with one attached hydrogen (secondary N) is 2. The lowest BCUT2D eigenvalue weighted by atomic mass is 9.95. The molecule has 120 valence electrons. The molecule has 6 heteroatoms. The molecule has 1 atom stereocenters. The maximum atomic E-state index is 11.9. The van der Waals surface area contributed by atoms with E-state index in [1.165, 1.54) is 5.56 Å². The van der Waals surface area contributed by atoms with E-state index < -0.39 is 0 Å². The number of amides is 2. The zero-order chi connectivity index (χ0) is 16.0. The summed E-state index contributed by atoms with van der Waals surface area (Å²) in [5.41, 5.74) is 2.97. The molecule has 0 radical (unpaired) electrons. The molecule has 21 heavy (non-hydrogen) atoms. The van der Waals surface area contributed by atoms with Crippen molar-refractivity contribution in [3.8, 4) is 0 Å². The standard InChI is InChI=1S/C15H28N4O2/c1-6-15(4,8-10-20)17-14(21)16-9-7-13-11(2)18-19(5)12(13)3/h20H,6-10H2,1-5H3,(H2,16,17,21). The van der Waals surface area contributed by atoms with Crippen LogP contribution < -0.4 is 10.6 Å². The second-order valence-corrected chi connectivity index (χ2v) is 5.79. The molecular formula is C15H28N4O2. The van der Waals surface area contributed by atoms with Crippen molar-refractivity contribution in [1.29, 1.82) is 0 Å². The fourth-order valence-electron chi connectivity index (χ4n) is 2.37. The number of hydrogen-bond donors (Lipinski definition) is 3. The molecule has 0 fully saturated rings. The van der Waals surface area contributed by atoms with E-state index in [4.69, 9.17) is 5.11 Å². The van der Waals surface area contributed by atoms with Gasteiger partial charge in [-0.3, -0.25) is 4.68 Å². The van der Waals surface area contributed by atoms with Crippen LogP contribution in [-0.4, -0.2) is 39.6 Å². The minimum absolute atomic E-state index is 0.0681. The van der Waals surface area contributed by atoms with E-state index >= 15 is 0 Å². The van der Waals surface area contributed by atoms with Crippen LogP contribution in [0.4, 0.5) is 4.79 Å². The second kappa shape index (κ2) is 7.45. The van der Waals surface area contributed by atoms with Crippen molar-refractivity contribution >= 4 is 6.03 Å². The number of rotatable bonds is 7. The molecule has 1 heterocycles. The van der Waals surface area contributed by atoms with Gasteiger partial charge in [0, 0.05) is 31.4 Å². The van der Waals surface area contributed by atoms with Crippen LogP contribution in [0.25, 0.3) is 0 Å². The summed E-state index contributed by atoms with van der Waals surface area (Å²) < 4.78 is 1.86. The van der Waals surface area contributed by atoms with E-state index in [0.29, 0.717) is 13.0 Å². The minimum atomic E-state index is -0.362. The van der Waals surface area contributed by atoms with Gasteiger partial charge in [-0.25, -0.2) is 4.79 Å². The van der Waals surface area contributed by atoms with Crippen LogP contribution >= 0.6 is 0 Å². The quantitative estimate of drug-likeness (QED) is 0.712. The number of carbonyl (C=O) groups is 1. The Kier molecular flexibility index (Phi) is 6.20. The zero-order valence-corrected chi connectivity index (χ0v) is 13.8. The number of aliphatic hydroxyl groups is 1. The van der Waals surface area contributed by atoms with Crippen LogP contribution in [0.1, 0.15) is 43.6 Å². The number of aromatic nitrogens is 2. The molecule has 0 spiro atoms. The summed E-state index contributed by atoms with van der Waals surface area (Å²) >= 11 is 0. The summed E-state index contributed by atoms with van der Waals surface area (Å²) in [6.07, 6.45) is 2.10. The van der Waals surface area contributed by atoms with Gasteiger partial charge in [-0.05, 0) is 45.6 Å². The Hall–Kier alpha value is -1.56. The number of carbonyl (C=O) groups excluding carboxylic acids is 1. The summed E-state index contributed by atoms with van der Waals surface area (Å²) in [5, 5.41) is 19.2. The molecule has 1 aromatic rings. The molecule has 1 unspecified atom stereocenters. The monoisotopic (exact) mass is 296 g/mol. The van der Waals surface area contributed by atoms with Gasteiger partial charge in [-0.1, -0.05) is 6.92 Å². The van der Waals surface area contributed by atoms with Gasteiger partial charge < -0.3 is 15.7 Å². The zero-order valence-electron chi connectivity index (χ0n) is 13.8. The SMILES string of the molecule is CCC(C)(CCO)NC(=O)NCCc1c(C)nn(C)c1C. The Morgan fingerprint density at radius 3 is 2.57 bits per heavy atom. The van der Waals surface area contributed by atoms with Crippen LogP contribution in [0.3, 0.4) is 0 Å². The van der Waals surface area contributed by atoms with Crippen LogP contribution in [0.15, 0.2) is 0 Å². The first-order valence-corrected chi connectivity index (χ1v) is 7.49. The van der Waals surface area contributed by atoms with Crippen LogP contribution in [0.2, 0.25) is 0 Å². The molecular weight excluding hydrogens is 268 g/mol. The Morgan fingerprint density at radius 1 is 1.43 bits per heavy atom. The van der Waals surface area contributed by atoms with Gasteiger partial charge in [0.25, 0.3) is 0 Å². The predicted octanol–water partition coefficient (Wildman–Crippen LogP) is 1.43. The Labute approximate surface area is 126 Å². The summed E-state index contributed by atoms with van der Waals surface area (Å²) in [4.78, 5) is 11.9. The first-order valence-electron chi connectivity index (χ1n) is 7.49. The van der Waals surface area contributed by atoms with Gasteiger partial charge in [0.15, 0.2) is 0 Å². The van der Waals surface area contributed by atoms with Gasteiger partial charge >= 0.3 is 6.03 Å². The van der Waals surface area contributed by atoms with Crippen molar-refractivity contribution in [3.05, 3.63) is 17.0 Å². The largest absolute Gasteiger partial charge is 0.396 e. The third kappa shape index (κ3) is 4.74. The molecule has 0 saturated carbocycles. The van der Waals surface area contributed by atoms with Crippen LogP contribution in [0, 0.1) is 13.8 Å². The molecule has 1 aromatic heterocycles. The number of nitrogens with zero attached hydrogens (tertiary/aromatic N) is 2. The number of urea groups is 1. The van der Waals surface area contributed by atoms with Crippen molar-refractivity contribution in [2.24, 2.45) is 7.05 Å². The number of hydrogen-bond acceptors (Lipinski definition) is 3. The fraction of sp³-hybridized carbons (Fsp3) is 0.733. The third-order valence-corrected chi connectivity index (χ3v) is 4.18. The van der Waals surface area contributed by atoms with E-state index in [-0.39, 0.29) is 18.2 Å². The lowest BCUT2D eigenvalue weighted by Gasteiger charge is -2.29. The molecule has 2 amide bonds. The molecule has 0 saturated heterocycles. The first-order chi connectivity index (χ1) is 9.83. The minimum Gasteiger partial charge on any atom is -0.396 e. The average molecular weight is 296 g/mol. The predicted molar refractivity (Wildman–Crippen MR) is 83.3 cm³/mol. The van der Waals surface area contributed by atoms with E-state index in [1.54, 1.807) is 0 Å². The molecule has 0 aliphatic heterocycles. The number of aliphatic hydroxyl groups excluding tert-OH is 1. The van der Waals surface area contributed by atoms with Crippen LogP contribution in [0.5, 0.6) is 0 Å². The molecule has 0 aliphatic rings. The highest BCUT2D eigenvalue weighted by Gasteiger charge is 2.23. The third-order valence-electron chi connectivity index (χ3n) is 4.18.